The average Bonchev–Trinajstić information content (AvgIpc) is 2.46. The van der Waals surface area contributed by atoms with Gasteiger partial charge in [-0.05, 0) is 12.3 Å². The van der Waals surface area contributed by atoms with E-state index >= 15 is 0 Å². The van der Waals surface area contributed by atoms with Crippen LogP contribution in [0.4, 0.5) is 13.2 Å². The maximum atomic E-state index is 12.7. The molecule has 3 atom stereocenters. The average molecular weight is 318 g/mol. The van der Waals surface area contributed by atoms with Crippen molar-refractivity contribution in [1.82, 2.24) is 5.01 Å². The quantitative estimate of drug-likeness (QED) is 0.867. The molecular formula is C15H21F3N2O2. The van der Waals surface area contributed by atoms with Crippen LogP contribution in [-0.4, -0.2) is 38.1 Å². The van der Waals surface area contributed by atoms with Gasteiger partial charge in [-0.25, -0.2) is 5.01 Å². The van der Waals surface area contributed by atoms with E-state index < -0.39 is 30.3 Å². The fourth-order valence-corrected chi connectivity index (χ4v) is 3.26. The zero-order valence-electron chi connectivity index (χ0n) is 12.6. The third-order valence-electron chi connectivity index (χ3n) is 4.17. The summed E-state index contributed by atoms with van der Waals surface area (Å²) in [6, 6.07) is 9.18. The van der Waals surface area contributed by atoms with Crippen molar-refractivity contribution in [2.24, 2.45) is 11.8 Å². The number of piperidine rings is 1. The fourth-order valence-electron chi connectivity index (χ4n) is 3.26. The van der Waals surface area contributed by atoms with Gasteiger partial charge in [0.15, 0.2) is 5.72 Å². The lowest BCUT2D eigenvalue weighted by Crippen LogP contribution is -2.64. The minimum atomic E-state index is -4.22. The van der Waals surface area contributed by atoms with Gasteiger partial charge in [0.2, 0.25) is 0 Å². The molecule has 0 aromatic heterocycles. The molecule has 22 heavy (non-hydrogen) atoms. The fraction of sp³-hybridized carbons (Fsp3) is 0.600. The first-order chi connectivity index (χ1) is 10.3. The molecule has 2 rings (SSSR count). The van der Waals surface area contributed by atoms with Crippen molar-refractivity contribution >= 4 is 0 Å². The number of halogens is 3. The van der Waals surface area contributed by atoms with Crippen LogP contribution in [0.3, 0.4) is 0 Å². The Morgan fingerprint density at radius 3 is 2.41 bits per heavy atom. The third kappa shape index (κ3) is 3.27. The van der Waals surface area contributed by atoms with Crippen molar-refractivity contribution < 1.29 is 22.6 Å². The summed E-state index contributed by atoms with van der Waals surface area (Å²) in [4.78, 5) is 0. The molecule has 124 valence electrons. The molecule has 2 N–H and O–H groups in total. The van der Waals surface area contributed by atoms with E-state index in [-0.39, 0.29) is 13.0 Å². The van der Waals surface area contributed by atoms with Gasteiger partial charge in [0.05, 0.1) is 0 Å². The minimum Gasteiger partial charge on any atom is -0.377 e. The number of hydrogen-bond donors (Lipinski definition) is 1. The Morgan fingerprint density at radius 2 is 1.91 bits per heavy atom. The molecule has 4 nitrogen and oxygen atoms in total. The Bertz CT molecular complexity index is 483. The number of rotatable bonds is 4. The predicted molar refractivity (Wildman–Crippen MR) is 75.6 cm³/mol. The molecular weight excluding hydrogens is 297 g/mol. The van der Waals surface area contributed by atoms with E-state index in [9.17, 15) is 13.2 Å². The highest BCUT2D eigenvalue weighted by Crippen LogP contribution is 2.42. The molecule has 7 heteroatoms. The van der Waals surface area contributed by atoms with Gasteiger partial charge in [-0.1, -0.05) is 30.3 Å². The van der Waals surface area contributed by atoms with Crippen LogP contribution in [0.15, 0.2) is 30.3 Å². The summed E-state index contributed by atoms with van der Waals surface area (Å²) in [5, 5.41) is 1.33. The highest BCUT2D eigenvalue weighted by molar-refractivity contribution is 5.24. The molecule has 0 aliphatic carbocycles. The second kappa shape index (κ2) is 6.54. The molecule has 1 aliphatic rings. The van der Waals surface area contributed by atoms with E-state index in [4.69, 9.17) is 15.3 Å². The Hall–Kier alpha value is -1.15. The number of nitrogens with zero attached hydrogens (tertiary/aromatic N) is 1. The number of benzene rings is 1. The lowest BCUT2D eigenvalue weighted by atomic mass is 9.83. The first-order valence-corrected chi connectivity index (χ1v) is 7.06. The predicted octanol–water partition coefficient (Wildman–Crippen LogP) is 2.65. The van der Waals surface area contributed by atoms with Crippen LogP contribution in [0.5, 0.6) is 0 Å². The second-order valence-electron chi connectivity index (χ2n) is 5.56. The zero-order chi connectivity index (χ0) is 16.4. The summed E-state index contributed by atoms with van der Waals surface area (Å²) in [5.74, 6) is 5.47. The molecule has 3 unspecified atom stereocenters. The van der Waals surface area contributed by atoms with Crippen molar-refractivity contribution in [2.45, 2.75) is 30.8 Å². The van der Waals surface area contributed by atoms with E-state index in [2.05, 4.69) is 0 Å². The van der Waals surface area contributed by atoms with Gasteiger partial charge in [-0.3, -0.25) is 5.84 Å². The maximum Gasteiger partial charge on any atom is 0.389 e. The summed E-state index contributed by atoms with van der Waals surface area (Å²) >= 11 is 0. The molecule has 0 saturated carbocycles. The van der Waals surface area contributed by atoms with Crippen molar-refractivity contribution in [3.63, 3.8) is 0 Å². The highest BCUT2D eigenvalue weighted by atomic mass is 19.4. The van der Waals surface area contributed by atoms with Gasteiger partial charge < -0.3 is 9.47 Å². The molecule has 1 aromatic rings. The van der Waals surface area contributed by atoms with E-state index in [1.165, 1.54) is 19.2 Å². The van der Waals surface area contributed by atoms with Crippen LogP contribution in [0.1, 0.15) is 18.4 Å². The van der Waals surface area contributed by atoms with Crippen LogP contribution in [0.2, 0.25) is 0 Å². The minimum absolute atomic E-state index is 0.0854. The normalized spacial score (nSPS) is 30.5. The Morgan fingerprint density at radius 1 is 1.27 bits per heavy atom. The number of methoxy groups -OCH3 is 2. The zero-order valence-corrected chi connectivity index (χ0v) is 12.6. The number of nitrogens with two attached hydrogens (primary N) is 1. The van der Waals surface area contributed by atoms with Crippen molar-refractivity contribution in [1.29, 1.82) is 0 Å². The lowest BCUT2D eigenvalue weighted by Gasteiger charge is -2.50. The summed E-state index contributed by atoms with van der Waals surface area (Å²) in [6.07, 6.45) is -5.46. The third-order valence-corrected chi connectivity index (χ3v) is 4.17. The first kappa shape index (κ1) is 17.2. The van der Waals surface area contributed by atoms with Gasteiger partial charge in [0.1, 0.15) is 6.10 Å². The lowest BCUT2D eigenvalue weighted by molar-refractivity contribution is -0.252. The Balaban J connectivity index is 2.32. The SMILES string of the molecule is COC1CC(CC(F)(F)F)CN(N)C1(OC)c1ccccc1. The van der Waals surface area contributed by atoms with Gasteiger partial charge in [0, 0.05) is 32.7 Å². The molecule has 1 aromatic carbocycles. The molecule has 1 saturated heterocycles. The largest absolute Gasteiger partial charge is 0.389 e. The van der Waals surface area contributed by atoms with E-state index in [1.807, 2.05) is 30.3 Å². The number of ether oxygens (including phenoxy) is 2. The summed E-state index contributed by atoms with van der Waals surface area (Å²) < 4.78 is 49.1. The van der Waals surface area contributed by atoms with E-state index in [0.717, 1.165) is 5.56 Å². The summed E-state index contributed by atoms with van der Waals surface area (Å²) in [5.41, 5.74) is -0.324. The van der Waals surface area contributed by atoms with E-state index in [1.54, 1.807) is 0 Å². The van der Waals surface area contributed by atoms with Gasteiger partial charge >= 0.3 is 6.18 Å². The summed E-state index contributed by atoms with van der Waals surface area (Å²) in [6.45, 7) is 0.0854. The Kier molecular flexibility index (Phi) is 5.11. The first-order valence-electron chi connectivity index (χ1n) is 7.06. The Labute approximate surface area is 128 Å². The monoisotopic (exact) mass is 318 g/mol. The maximum absolute atomic E-state index is 12.7. The number of hydrazine groups is 1. The standard InChI is InChI=1S/C15H21F3N2O2/c1-21-13-8-11(9-14(16,17)18)10-20(19)15(13,22-2)12-6-4-3-5-7-12/h3-7,11,13H,8-10,19H2,1-2H3. The van der Waals surface area contributed by atoms with Crippen LogP contribution in [0, 0.1) is 5.92 Å². The van der Waals surface area contributed by atoms with Crippen molar-refractivity contribution in [2.75, 3.05) is 20.8 Å². The molecule has 0 amide bonds. The molecule has 0 spiro atoms. The number of alkyl halides is 3. The van der Waals surface area contributed by atoms with Crippen molar-refractivity contribution in [3.05, 3.63) is 35.9 Å². The molecule has 1 fully saturated rings. The molecule has 0 radical (unpaired) electrons. The molecule has 0 bridgehead atoms. The van der Waals surface area contributed by atoms with Crippen LogP contribution >= 0.6 is 0 Å². The van der Waals surface area contributed by atoms with Gasteiger partial charge in [-0.2, -0.15) is 13.2 Å². The van der Waals surface area contributed by atoms with E-state index in [0.29, 0.717) is 0 Å². The number of hydrogen-bond acceptors (Lipinski definition) is 4. The highest BCUT2D eigenvalue weighted by Gasteiger charge is 2.51. The van der Waals surface area contributed by atoms with Crippen LogP contribution in [0.25, 0.3) is 0 Å². The molecule has 1 aliphatic heterocycles. The van der Waals surface area contributed by atoms with Crippen LogP contribution in [-0.2, 0) is 15.2 Å². The van der Waals surface area contributed by atoms with Crippen molar-refractivity contribution in [3.8, 4) is 0 Å². The smallest absolute Gasteiger partial charge is 0.377 e. The van der Waals surface area contributed by atoms with Gasteiger partial charge in [-0.15, -0.1) is 0 Å². The second-order valence-corrected chi connectivity index (χ2v) is 5.56. The summed E-state index contributed by atoms with van der Waals surface area (Å²) in [7, 11) is 2.95. The van der Waals surface area contributed by atoms with Gasteiger partial charge in [0.25, 0.3) is 0 Å². The van der Waals surface area contributed by atoms with Crippen LogP contribution < -0.4 is 5.84 Å². The topological polar surface area (TPSA) is 47.7 Å². The molecule has 1 heterocycles.